The maximum atomic E-state index is 8.19. The predicted molar refractivity (Wildman–Crippen MR) is 38.0 cm³/mol. The number of rotatable bonds is 4. The van der Waals surface area contributed by atoms with Gasteiger partial charge in [0, 0.05) is 0 Å². The minimum Gasteiger partial charge on any atom is -0.429 e. The van der Waals surface area contributed by atoms with Gasteiger partial charge in [0.15, 0.2) is 0 Å². The molecule has 9 heavy (non-hydrogen) atoms. The molecule has 0 aliphatic rings. The molecule has 0 aromatic heterocycles. The van der Waals surface area contributed by atoms with Crippen molar-refractivity contribution in [2.24, 2.45) is 0 Å². The quantitative estimate of drug-likeness (QED) is 0.448. The molecule has 0 amide bonds. The van der Waals surface area contributed by atoms with E-state index in [9.17, 15) is 0 Å². The summed E-state index contributed by atoms with van der Waals surface area (Å²) in [5, 5.41) is 8.19. The van der Waals surface area contributed by atoms with Crippen molar-refractivity contribution < 1.29 is 9.68 Å². The standard InChI is InChI=1S/C6H12BO2/c1-4-5(2)6(3)9-7-8/h6,8H,2,4H2,1,3H3. The van der Waals surface area contributed by atoms with Crippen LogP contribution in [0, 0.1) is 0 Å². The molecule has 1 atom stereocenters. The van der Waals surface area contributed by atoms with Crippen molar-refractivity contribution in [1.82, 2.24) is 0 Å². The normalized spacial score (nSPS) is 12.8. The van der Waals surface area contributed by atoms with E-state index < -0.39 is 0 Å². The molecular formula is C6H12BO2. The summed E-state index contributed by atoms with van der Waals surface area (Å²) >= 11 is 0. The van der Waals surface area contributed by atoms with E-state index in [4.69, 9.17) is 9.68 Å². The molecule has 1 N–H and O–H groups in total. The number of hydrogen-bond donors (Lipinski definition) is 1. The molecule has 0 aliphatic heterocycles. The van der Waals surface area contributed by atoms with Crippen molar-refractivity contribution in [3.8, 4) is 0 Å². The van der Waals surface area contributed by atoms with Crippen LogP contribution in [0.15, 0.2) is 12.2 Å². The summed E-state index contributed by atoms with van der Waals surface area (Å²) in [5.41, 5.74) is 0.986. The smallest absolute Gasteiger partial charge is 0.429 e. The van der Waals surface area contributed by atoms with Crippen LogP contribution in [0.4, 0.5) is 0 Å². The molecule has 2 nitrogen and oxygen atoms in total. The largest absolute Gasteiger partial charge is 0.485 e. The summed E-state index contributed by atoms with van der Waals surface area (Å²) in [6.07, 6.45) is 0.814. The van der Waals surface area contributed by atoms with Crippen molar-refractivity contribution in [2.45, 2.75) is 26.4 Å². The fraction of sp³-hybridized carbons (Fsp3) is 0.667. The fourth-order valence-corrected chi connectivity index (χ4v) is 0.475. The first kappa shape index (κ1) is 8.72. The SMILES string of the molecule is C=C(CC)C(C)O[B]O. The summed E-state index contributed by atoms with van der Waals surface area (Å²) in [4.78, 5) is 0. The van der Waals surface area contributed by atoms with Crippen molar-refractivity contribution in [3.05, 3.63) is 12.2 Å². The molecule has 0 aromatic carbocycles. The highest BCUT2D eigenvalue weighted by Crippen LogP contribution is 2.05. The zero-order chi connectivity index (χ0) is 7.28. The first-order valence-corrected chi connectivity index (χ1v) is 3.01. The van der Waals surface area contributed by atoms with E-state index >= 15 is 0 Å². The molecule has 0 fully saturated rings. The third-order valence-corrected chi connectivity index (χ3v) is 1.29. The van der Waals surface area contributed by atoms with Gasteiger partial charge in [0.1, 0.15) is 0 Å². The van der Waals surface area contributed by atoms with Crippen LogP contribution < -0.4 is 0 Å². The Labute approximate surface area is 56.8 Å². The predicted octanol–water partition coefficient (Wildman–Crippen LogP) is 0.884. The van der Waals surface area contributed by atoms with Crippen molar-refractivity contribution >= 4 is 7.69 Å². The van der Waals surface area contributed by atoms with Gasteiger partial charge in [0.25, 0.3) is 0 Å². The van der Waals surface area contributed by atoms with E-state index in [-0.39, 0.29) is 6.10 Å². The zero-order valence-electron chi connectivity index (χ0n) is 5.92. The van der Waals surface area contributed by atoms with Gasteiger partial charge in [0.2, 0.25) is 0 Å². The lowest BCUT2D eigenvalue weighted by Crippen LogP contribution is -2.12. The molecular weight excluding hydrogens is 115 g/mol. The van der Waals surface area contributed by atoms with Gasteiger partial charge < -0.3 is 9.68 Å². The highest BCUT2D eigenvalue weighted by Gasteiger charge is 2.03. The average molecular weight is 127 g/mol. The fourth-order valence-electron chi connectivity index (χ4n) is 0.475. The van der Waals surface area contributed by atoms with Gasteiger partial charge in [-0.25, -0.2) is 0 Å². The monoisotopic (exact) mass is 127 g/mol. The first-order chi connectivity index (χ1) is 4.22. The molecule has 0 saturated heterocycles. The summed E-state index contributed by atoms with van der Waals surface area (Å²) in [6.45, 7) is 7.58. The molecule has 1 radical (unpaired) electrons. The second kappa shape index (κ2) is 4.59. The van der Waals surface area contributed by atoms with Crippen LogP contribution in [0.5, 0.6) is 0 Å². The molecule has 0 rings (SSSR count). The summed E-state index contributed by atoms with van der Waals surface area (Å²) in [6, 6.07) is 0. The molecule has 0 spiro atoms. The summed E-state index contributed by atoms with van der Waals surface area (Å²) in [7, 11) is 0.700. The maximum Gasteiger partial charge on any atom is 0.485 e. The van der Waals surface area contributed by atoms with Crippen molar-refractivity contribution in [2.75, 3.05) is 0 Å². The zero-order valence-corrected chi connectivity index (χ0v) is 5.92. The van der Waals surface area contributed by atoms with Crippen LogP contribution in [-0.2, 0) is 4.65 Å². The Morgan fingerprint density at radius 2 is 2.44 bits per heavy atom. The van der Waals surface area contributed by atoms with Gasteiger partial charge in [-0.2, -0.15) is 0 Å². The summed E-state index contributed by atoms with van der Waals surface area (Å²) in [5.74, 6) is 0. The second-order valence-corrected chi connectivity index (χ2v) is 1.90. The van der Waals surface area contributed by atoms with E-state index in [1.54, 1.807) is 0 Å². The van der Waals surface area contributed by atoms with Crippen molar-refractivity contribution in [1.29, 1.82) is 0 Å². The second-order valence-electron chi connectivity index (χ2n) is 1.90. The first-order valence-electron chi connectivity index (χ1n) is 3.01. The van der Waals surface area contributed by atoms with Crippen LogP contribution in [0.2, 0.25) is 0 Å². The lowest BCUT2D eigenvalue weighted by Gasteiger charge is -2.11. The Bertz CT molecular complexity index is 93.1. The van der Waals surface area contributed by atoms with Gasteiger partial charge in [-0.3, -0.25) is 0 Å². The third kappa shape index (κ3) is 3.33. The average Bonchev–Trinajstić information content (AvgIpc) is 1.87. The van der Waals surface area contributed by atoms with Gasteiger partial charge in [0.05, 0.1) is 6.10 Å². The maximum absolute atomic E-state index is 8.19. The lowest BCUT2D eigenvalue weighted by atomic mass is 10.1. The van der Waals surface area contributed by atoms with Gasteiger partial charge in [-0.15, -0.1) is 0 Å². The minimum atomic E-state index is -0.0694. The van der Waals surface area contributed by atoms with E-state index in [0.29, 0.717) is 7.69 Å². The topological polar surface area (TPSA) is 29.5 Å². The van der Waals surface area contributed by atoms with Gasteiger partial charge >= 0.3 is 7.69 Å². The number of hydrogen-bond acceptors (Lipinski definition) is 2. The Hall–Kier alpha value is -0.275. The molecule has 0 aromatic rings. The van der Waals surface area contributed by atoms with Gasteiger partial charge in [-0.05, 0) is 13.3 Å². The molecule has 0 heterocycles. The van der Waals surface area contributed by atoms with Gasteiger partial charge in [-0.1, -0.05) is 19.1 Å². The Morgan fingerprint density at radius 1 is 1.89 bits per heavy atom. The Kier molecular flexibility index (Phi) is 4.45. The molecule has 0 saturated carbocycles. The minimum absolute atomic E-state index is 0.0694. The molecule has 0 bridgehead atoms. The van der Waals surface area contributed by atoms with Crippen LogP contribution in [0.1, 0.15) is 20.3 Å². The molecule has 3 heteroatoms. The van der Waals surface area contributed by atoms with Crippen LogP contribution in [-0.4, -0.2) is 18.8 Å². The highest BCUT2D eigenvalue weighted by atomic mass is 16.5. The van der Waals surface area contributed by atoms with Crippen LogP contribution in [0.25, 0.3) is 0 Å². The van der Waals surface area contributed by atoms with E-state index in [1.807, 2.05) is 13.8 Å². The van der Waals surface area contributed by atoms with E-state index in [2.05, 4.69) is 6.58 Å². The molecule has 51 valence electrons. The van der Waals surface area contributed by atoms with E-state index in [1.165, 1.54) is 0 Å². The van der Waals surface area contributed by atoms with Crippen molar-refractivity contribution in [3.63, 3.8) is 0 Å². The van der Waals surface area contributed by atoms with E-state index in [0.717, 1.165) is 12.0 Å². The Morgan fingerprint density at radius 3 is 2.78 bits per heavy atom. The van der Waals surface area contributed by atoms with Crippen LogP contribution >= 0.6 is 0 Å². The lowest BCUT2D eigenvalue weighted by molar-refractivity contribution is 0.229. The third-order valence-electron chi connectivity index (χ3n) is 1.29. The Balaban J connectivity index is 3.45. The van der Waals surface area contributed by atoms with Crippen LogP contribution in [0.3, 0.4) is 0 Å². The highest BCUT2D eigenvalue weighted by molar-refractivity contribution is 6.15. The molecule has 0 aliphatic carbocycles. The molecule has 1 unspecified atom stereocenters. The summed E-state index contributed by atoms with van der Waals surface area (Å²) < 4.78 is 4.73.